The van der Waals surface area contributed by atoms with E-state index in [0.717, 1.165) is 12.1 Å². The summed E-state index contributed by atoms with van der Waals surface area (Å²) in [4.78, 5) is 12.3. The first-order valence-electron chi connectivity index (χ1n) is 9.32. The molecule has 1 fully saturated rings. The fourth-order valence-corrected chi connectivity index (χ4v) is 7.42. The van der Waals surface area contributed by atoms with E-state index in [4.69, 9.17) is 16.3 Å². The van der Waals surface area contributed by atoms with Gasteiger partial charge in [0.2, 0.25) is 0 Å². The van der Waals surface area contributed by atoms with Gasteiger partial charge in [-0.15, -0.1) is 0 Å². The molecular weight excluding hydrogens is 422 g/mol. The Morgan fingerprint density at radius 2 is 1.79 bits per heavy atom. The first-order chi connectivity index (χ1) is 13.7. The van der Waals surface area contributed by atoms with Crippen LogP contribution >= 0.6 is 11.6 Å². The van der Waals surface area contributed by atoms with Crippen LogP contribution in [0, 0.1) is 23.5 Å². The van der Waals surface area contributed by atoms with Crippen molar-refractivity contribution in [2.24, 2.45) is 11.8 Å². The molecule has 0 saturated heterocycles. The molecule has 154 valence electrons. The highest BCUT2D eigenvalue weighted by atomic mass is 35.5. The van der Waals surface area contributed by atoms with Crippen molar-refractivity contribution < 1.29 is 26.7 Å². The van der Waals surface area contributed by atoms with E-state index in [0.29, 0.717) is 17.9 Å². The Morgan fingerprint density at radius 1 is 1.14 bits per heavy atom. The summed E-state index contributed by atoms with van der Waals surface area (Å²) < 4.78 is 61.2. The third-order valence-electron chi connectivity index (χ3n) is 6.16. The molecule has 0 amide bonds. The van der Waals surface area contributed by atoms with Gasteiger partial charge in [0.05, 0.1) is 17.1 Å². The lowest BCUT2D eigenvalue weighted by Crippen LogP contribution is -2.55. The summed E-state index contributed by atoms with van der Waals surface area (Å²) in [7, 11) is -4.22. The van der Waals surface area contributed by atoms with Gasteiger partial charge in [-0.3, -0.25) is 4.79 Å². The van der Waals surface area contributed by atoms with Crippen LogP contribution in [0.5, 0.6) is 5.75 Å². The van der Waals surface area contributed by atoms with Crippen molar-refractivity contribution in [1.29, 1.82) is 0 Å². The molecule has 8 heteroatoms. The van der Waals surface area contributed by atoms with E-state index in [1.165, 1.54) is 31.2 Å². The number of halogens is 3. The Hall–Kier alpha value is -1.99. The number of carbonyl (C=O) groups is 1. The zero-order valence-corrected chi connectivity index (χ0v) is 17.2. The van der Waals surface area contributed by atoms with Crippen molar-refractivity contribution in [3.8, 4) is 5.75 Å². The molecule has 3 atom stereocenters. The summed E-state index contributed by atoms with van der Waals surface area (Å²) in [5, 5.41) is 0.354. The second-order valence-electron chi connectivity index (χ2n) is 7.61. The van der Waals surface area contributed by atoms with Crippen molar-refractivity contribution in [2.45, 2.75) is 35.8 Å². The minimum Gasteiger partial charge on any atom is -0.490 e. The topological polar surface area (TPSA) is 60.4 Å². The number of carbonyl (C=O) groups excluding carboxylic acids is 1. The minimum atomic E-state index is -4.22. The smallest absolute Gasteiger partial charge is 0.188 e. The summed E-state index contributed by atoms with van der Waals surface area (Å²) in [6, 6.07) is 7.42. The highest BCUT2D eigenvalue weighted by Gasteiger charge is 2.61. The van der Waals surface area contributed by atoms with E-state index < -0.39 is 38.1 Å². The third kappa shape index (κ3) is 2.89. The number of sulfone groups is 1. The van der Waals surface area contributed by atoms with Gasteiger partial charge in [0.15, 0.2) is 21.4 Å². The molecule has 2 aliphatic rings. The Morgan fingerprint density at radius 3 is 2.45 bits per heavy atom. The summed E-state index contributed by atoms with van der Waals surface area (Å²) in [5.74, 6) is -3.69. The lowest BCUT2D eigenvalue weighted by atomic mass is 9.66. The van der Waals surface area contributed by atoms with Crippen LogP contribution in [0.4, 0.5) is 8.78 Å². The SMILES string of the molecule is CC(=O)[C@@H]1CCC[C@@]2(S(=O)(=O)c3ccc(Cl)cc3)c3c(F)ccc(F)c3OCC12. The van der Waals surface area contributed by atoms with E-state index in [-0.39, 0.29) is 35.0 Å². The average molecular weight is 441 g/mol. The van der Waals surface area contributed by atoms with Crippen molar-refractivity contribution in [1.82, 2.24) is 0 Å². The van der Waals surface area contributed by atoms with Crippen LogP contribution in [-0.2, 0) is 19.4 Å². The number of hydrogen-bond acceptors (Lipinski definition) is 4. The Labute approximate surface area is 172 Å². The molecular formula is C21H19ClF2O4S. The van der Waals surface area contributed by atoms with Crippen molar-refractivity contribution in [3.05, 3.63) is 58.6 Å². The van der Waals surface area contributed by atoms with Crippen molar-refractivity contribution in [2.75, 3.05) is 6.61 Å². The molecule has 0 radical (unpaired) electrons. The molecule has 1 unspecified atom stereocenters. The van der Waals surface area contributed by atoms with Crippen LogP contribution in [0.3, 0.4) is 0 Å². The maximum absolute atomic E-state index is 15.1. The van der Waals surface area contributed by atoms with Gasteiger partial charge in [0, 0.05) is 16.9 Å². The van der Waals surface area contributed by atoms with E-state index in [2.05, 4.69) is 0 Å². The van der Waals surface area contributed by atoms with Crippen LogP contribution in [-0.4, -0.2) is 20.8 Å². The number of fused-ring (bicyclic) bond motifs is 3. The van der Waals surface area contributed by atoms with Gasteiger partial charge in [-0.05, 0) is 56.2 Å². The number of hydrogen-bond donors (Lipinski definition) is 0. The Bertz CT molecular complexity index is 1080. The van der Waals surface area contributed by atoms with Crippen LogP contribution in [0.2, 0.25) is 5.02 Å². The van der Waals surface area contributed by atoms with E-state index >= 15 is 4.39 Å². The molecule has 2 aromatic rings. The van der Waals surface area contributed by atoms with Gasteiger partial charge < -0.3 is 4.74 Å². The van der Waals surface area contributed by atoms with Gasteiger partial charge in [-0.1, -0.05) is 18.0 Å². The minimum absolute atomic E-state index is 0.0485. The average Bonchev–Trinajstić information content (AvgIpc) is 2.69. The van der Waals surface area contributed by atoms with Crippen LogP contribution in [0.15, 0.2) is 41.3 Å². The molecule has 2 aromatic carbocycles. The second-order valence-corrected chi connectivity index (χ2v) is 10.3. The Kier molecular flexibility index (Phi) is 4.94. The molecule has 4 rings (SSSR count). The maximum atomic E-state index is 15.1. The molecule has 1 aliphatic carbocycles. The first-order valence-corrected chi connectivity index (χ1v) is 11.2. The summed E-state index contributed by atoms with van der Waals surface area (Å²) in [6.07, 6.45) is 0.944. The first kappa shape index (κ1) is 20.3. The number of benzene rings is 2. The lowest BCUT2D eigenvalue weighted by molar-refractivity contribution is -0.125. The van der Waals surface area contributed by atoms with Crippen molar-refractivity contribution >= 4 is 27.2 Å². The molecule has 0 N–H and O–H groups in total. The van der Waals surface area contributed by atoms with Gasteiger partial charge in [0.25, 0.3) is 0 Å². The normalized spacial score (nSPS) is 26.2. The van der Waals surface area contributed by atoms with E-state index in [1.54, 1.807) is 0 Å². The Balaban J connectivity index is 2.05. The molecule has 0 spiro atoms. The van der Waals surface area contributed by atoms with Crippen LogP contribution in [0.25, 0.3) is 0 Å². The largest absolute Gasteiger partial charge is 0.490 e. The monoisotopic (exact) mass is 440 g/mol. The summed E-state index contributed by atoms with van der Waals surface area (Å²) in [6.45, 7) is 1.22. The van der Waals surface area contributed by atoms with Gasteiger partial charge in [-0.25, -0.2) is 17.2 Å². The fraction of sp³-hybridized carbons (Fsp3) is 0.381. The predicted octanol–water partition coefficient (Wildman–Crippen LogP) is 4.69. The number of Topliss-reactive ketones (excluding diaryl/α,β-unsaturated/α-hetero) is 1. The summed E-state index contributed by atoms with van der Waals surface area (Å²) in [5.41, 5.74) is -0.311. The standard InChI is InChI=1S/C21H19ClF2O4S/c1-12(25)15-3-2-10-21(29(26,27)14-6-4-13(22)5-7-14)16(15)11-28-20-18(24)9-8-17(23)19(20)21/h4-9,15-16H,2-3,10-11H2,1H3/t15-,16?,21-/m0/s1. The van der Waals surface area contributed by atoms with E-state index in [1.807, 2.05) is 0 Å². The number of ketones is 1. The van der Waals surface area contributed by atoms with Crippen LogP contribution < -0.4 is 4.74 Å². The molecule has 1 saturated carbocycles. The lowest BCUT2D eigenvalue weighted by Gasteiger charge is -2.49. The molecule has 4 nitrogen and oxygen atoms in total. The maximum Gasteiger partial charge on any atom is 0.188 e. The zero-order chi connectivity index (χ0) is 21.0. The summed E-state index contributed by atoms with van der Waals surface area (Å²) >= 11 is 5.91. The molecule has 1 aliphatic heterocycles. The predicted molar refractivity (Wildman–Crippen MR) is 104 cm³/mol. The third-order valence-corrected chi connectivity index (χ3v) is 8.98. The second kappa shape index (κ2) is 7.06. The highest BCUT2D eigenvalue weighted by molar-refractivity contribution is 7.92. The molecule has 1 heterocycles. The zero-order valence-electron chi connectivity index (χ0n) is 15.6. The highest BCUT2D eigenvalue weighted by Crippen LogP contribution is 2.58. The van der Waals surface area contributed by atoms with Gasteiger partial charge in [-0.2, -0.15) is 0 Å². The number of ether oxygens (including phenoxy) is 1. The molecule has 0 bridgehead atoms. The van der Waals surface area contributed by atoms with Crippen molar-refractivity contribution in [3.63, 3.8) is 0 Å². The quantitative estimate of drug-likeness (QED) is 0.695. The fourth-order valence-electron chi connectivity index (χ4n) is 4.88. The molecule has 0 aromatic heterocycles. The van der Waals surface area contributed by atoms with Crippen LogP contribution in [0.1, 0.15) is 31.7 Å². The van der Waals surface area contributed by atoms with Gasteiger partial charge >= 0.3 is 0 Å². The van der Waals surface area contributed by atoms with Gasteiger partial charge in [0.1, 0.15) is 16.3 Å². The van der Waals surface area contributed by atoms with E-state index in [9.17, 15) is 17.6 Å². The number of rotatable bonds is 3. The molecule has 29 heavy (non-hydrogen) atoms.